The Hall–Kier alpha value is -4.06. The summed E-state index contributed by atoms with van der Waals surface area (Å²) in [6.45, 7) is 0.412. The van der Waals surface area contributed by atoms with Gasteiger partial charge in [-0.1, -0.05) is 91.0 Å². The molecule has 0 spiro atoms. The molecule has 0 heterocycles. The fraction of sp³-hybridized carbons (Fsp3) is 0.267. The van der Waals surface area contributed by atoms with Crippen molar-refractivity contribution in [3.05, 3.63) is 108 Å². The Morgan fingerprint density at radius 3 is 1.57 bits per heavy atom. The average molecular weight is 464 g/mol. The van der Waals surface area contributed by atoms with Gasteiger partial charge in [-0.25, -0.2) is 0 Å². The van der Waals surface area contributed by atoms with Crippen LogP contribution in [0.25, 0.3) is 0 Å². The van der Waals surface area contributed by atoms with E-state index in [9.17, 15) is 20.1 Å². The number of nitrogens with zero attached hydrogens (tertiary/aromatic N) is 3. The Balaban J connectivity index is 2.20. The maximum Gasteiger partial charge on any atom is 0.167 e. The number of Topliss-reactive ketones (excluding diaryl/α,β-unsaturated/α-hetero) is 2. The Morgan fingerprint density at radius 1 is 0.714 bits per heavy atom. The zero-order valence-corrected chi connectivity index (χ0v) is 20.0. The highest BCUT2D eigenvalue weighted by molar-refractivity contribution is 6.01. The van der Waals surface area contributed by atoms with E-state index in [0.29, 0.717) is 17.7 Å². The minimum atomic E-state index is -0.967. The maximum absolute atomic E-state index is 13.9. The van der Waals surface area contributed by atoms with E-state index >= 15 is 0 Å². The lowest BCUT2D eigenvalue weighted by Gasteiger charge is -2.34. The number of carbonyl (C=O) groups is 2. The van der Waals surface area contributed by atoms with E-state index in [4.69, 9.17) is 0 Å². The number of carbonyl (C=O) groups excluding carboxylic acids is 2. The predicted octanol–water partition coefficient (Wildman–Crippen LogP) is 5.38. The van der Waals surface area contributed by atoms with Gasteiger partial charge in [-0.15, -0.1) is 0 Å². The van der Waals surface area contributed by atoms with Crippen molar-refractivity contribution in [2.24, 2.45) is 17.8 Å². The average Bonchev–Trinajstić information content (AvgIpc) is 2.90. The topological polar surface area (TPSA) is 85.0 Å². The molecule has 3 rings (SSSR count). The molecule has 0 amide bonds. The van der Waals surface area contributed by atoms with E-state index in [1.807, 2.05) is 85.7 Å². The van der Waals surface area contributed by atoms with Crippen molar-refractivity contribution in [3.8, 4) is 12.1 Å². The summed E-state index contributed by atoms with van der Waals surface area (Å²) in [6.07, 6.45) is 0.0479. The molecule has 0 radical (unpaired) electrons. The summed E-state index contributed by atoms with van der Waals surface area (Å²) in [6, 6.07) is 31.5. The third-order valence-electron chi connectivity index (χ3n) is 6.20. The molecule has 176 valence electrons. The Bertz CT molecular complexity index is 1180. The van der Waals surface area contributed by atoms with E-state index in [-0.39, 0.29) is 18.0 Å². The first-order valence-electron chi connectivity index (χ1n) is 11.6. The molecule has 0 N–H and O–H groups in total. The second kappa shape index (κ2) is 12.4. The van der Waals surface area contributed by atoms with Crippen molar-refractivity contribution < 1.29 is 9.59 Å². The second-order valence-electron chi connectivity index (χ2n) is 8.92. The van der Waals surface area contributed by atoms with Gasteiger partial charge in [-0.3, -0.25) is 9.59 Å². The Morgan fingerprint density at radius 2 is 1.14 bits per heavy atom. The van der Waals surface area contributed by atoms with Crippen molar-refractivity contribution >= 4 is 11.6 Å². The van der Waals surface area contributed by atoms with Crippen LogP contribution in [0.4, 0.5) is 0 Å². The Labute approximate surface area is 207 Å². The molecule has 5 heteroatoms. The molecule has 3 aromatic rings. The van der Waals surface area contributed by atoms with Crippen LogP contribution in [0.5, 0.6) is 0 Å². The summed E-state index contributed by atoms with van der Waals surface area (Å²) >= 11 is 0. The number of rotatable bonds is 11. The number of hydrogen-bond acceptors (Lipinski definition) is 5. The molecule has 0 fully saturated rings. The van der Waals surface area contributed by atoms with Crippen LogP contribution in [0.3, 0.4) is 0 Å². The van der Waals surface area contributed by atoms with Crippen LogP contribution in [0, 0.1) is 40.4 Å². The van der Waals surface area contributed by atoms with Gasteiger partial charge in [-0.05, 0) is 26.1 Å². The van der Waals surface area contributed by atoms with Gasteiger partial charge in [0.1, 0.15) is 5.92 Å². The van der Waals surface area contributed by atoms with Crippen molar-refractivity contribution in [3.63, 3.8) is 0 Å². The second-order valence-corrected chi connectivity index (χ2v) is 8.92. The van der Waals surface area contributed by atoms with Crippen molar-refractivity contribution in [1.29, 1.82) is 10.5 Å². The standard InChI is InChI=1S/C30H29N3O2/c1-33(2)21-27(30(35)25-16-10-5-11-17-25)28(23-12-6-3-7-13-23)26(18-22(19-31)20-32)29(34)24-14-8-4-9-15-24/h3-17,22,26-28H,18,21H2,1-2H3/t26-,27+,28+/m1/s1. The van der Waals surface area contributed by atoms with Gasteiger partial charge in [0.05, 0.1) is 12.1 Å². The van der Waals surface area contributed by atoms with E-state index < -0.39 is 23.7 Å². The third kappa shape index (κ3) is 6.51. The largest absolute Gasteiger partial charge is 0.309 e. The summed E-state index contributed by atoms with van der Waals surface area (Å²) in [4.78, 5) is 29.8. The first kappa shape index (κ1) is 25.6. The molecule has 0 aliphatic carbocycles. The minimum absolute atomic E-state index is 0.0479. The Kier molecular flexibility index (Phi) is 9.07. The fourth-order valence-corrected chi connectivity index (χ4v) is 4.61. The molecule has 3 atom stereocenters. The first-order valence-corrected chi connectivity index (χ1v) is 11.6. The van der Waals surface area contributed by atoms with Crippen LogP contribution in [-0.4, -0.2) is 37.1 Å². The normalized spacial score (nSPS) is 13.4. The molecule has 0 aliphatic rings. The fourth-order valence-electron chi connectivity index (χ4n) is 4.61. The zero-order chi connectivity index (χ0) is 25.2. The van der Waals surface area contributed by atoms with Crippen molar-refractivity contribution in [1.82, 2.24) is 4.90 Å². The lowest BCUT2D eigenvalue weighted by Crippen LogP contribution is -2.39. The van der Waals surface area contributed by atoms with Gasteiger partial charge in [-0.2, -0.15) is 10.5 Å². The molecular formula is C30H29N3O2. The first-order chi connectivity index (χ1) is 17.0. The summed E-state index contributed by atoms with van der Waals surface area (Å²) in [5.74, 6) is -3.02. The van der Waals surface area contributed by atoms with E-state index in [1.54, 1.807) is 36.4 Å². The van der Waals surface area contributed by atoms with Crippen LogP contribution in [0.1, 0.15) is 38.6 Å². The molecule has 35 heavy (non-hydrogen) atoms. The highest BCUT2D eigenvalue weighted by Crippen LogP contribution is 2.40. The van der Waals surface area contributed by atoms with Crippen LogP contribution >= 0.6 is 0 Å². The molecule has 0 aliphatic heterocycles. The van der Waals surface area contributed by atoms with Crippen molar-refractivity contribution in [2.75, 3.05) is 20.6 Å². The van der Waals surface area contributed by atoms with Crippen LogP contribution in [0.2, 0.25) is 0 Å². The summed E-state index contributed by atoms with van der Waals surface area (Å²) < 4.78 is 0. The van der Waals surface area contributed by atoms with Crippen molar-refractivity contribution in [2.45, 2.75) is 12.3 Å². The molecule has 5 nitrogen and oxygen atoms in total. The lowest BCUT2D eigenvalue weighted by atomic mass is 9.68. The highest BCUT2D eigenvalue weighted by atomic mass is 16.1. The van der Waals surface area contributed by atoms with Crippen LogP contribution in [0.15, 0.2) is 91.0 Å². The molecule has 0 aromatic heterocycles. The lowest BCUT2D eigenvalue weighted by molar-refractivity contribution is 0.0776. The van der Waals surface area contributed by atoms with E-state index in [2.05, 4.69) is 0 Å². The molecule has 0 unspecified atom stereocenters. The molecule has 0 saturated heterocycles. The molecular weight excluding hydrogens is 434 g/mol. The highest BCUT2D eigenvalue weighted by Gasteiger charge is 2.40. The smallest absolute Gasteiger partial charge is 0.167 e. The number of benzene rings is 3. The van der Waals surface area contributed by atoms with Gasteiger partial charge in [0, 0.05) is 35.4 Å². The number of ketones is 2. The van der Waals surface area contributed by atoms with Gasteiger partial charge in [0.2, 0.25) is 0 Å². The summed E-state index contributed by atoms with van der Waals surface area (Å²) in [7, 11) is 3.80. The molecule has 0 bridgehead atoms. The monoisotopic (exact) mass is 463 g/mol. The summed E-state index contributed by atoms with van der Waals surface area (Å²) in [5, 5.41) is 19.2. The number of nitriles is 2. The van der Waals surface area contributed by atoms with Crippen LogP contribution < -0.4 is 0 Å². The molecule has 0 saturated carbocycles. The van der Waals surface area contributed by atoms with Gasteiger partial charge in [0.15, 0.2) is 11.6 Å². The number of hydrogen-bond donors (Lipinski definition) is 0. The van der Waals surface area contributed by atoms with E-state index in [0.717, 1.165) is 5.56 Å². The minimum Gasteiger partial charge on any atom is -0.309 e. The quantitative estimate of drug-likeness (QED) is 0.356. The van der Waals surface area contributed by atoms with E-state index in [1.165, 1.54) is 0 Å². The maximum atomic E-state index is 13.9. The van der Waals surface area contributed by atoms with Gasteiger partial charge in [0.25, 0.3) is 0 Å². The van der Waals surface area contributed by atoms with Crippen LogP contribution in [-0.2, 0) is 0 Å². The van der Waals surface area contributed by atoms with Gasteiger partial charge < -0.3 is 4.90 Å². The summed E-state index contributed by atoms with van der Waals surface area (Å²) in [5.41, 5.74) is 1.92. The third-order valence-corrected chi connectivity index (χ3v) is 6.20. The zero-order valence-electron chi connectivity index (χ0n) is 20.0. The molecule has 3 aromatic carbocycles. The van der Waals surface area contributed by atoms with Gasteiger partial charge >= 0.3 is 0 Å². The SMILES string of the molecule is CN(C)C[C@H](C(=O)c1ccccc1)[C@@H](c1ccccc1)[C@@H](CC(C#N)C#N)C(=O)c1ccccc1. The predicted molar refractivity (Wildman–Crippen MR) is 136 cm³/mol.